The normalized spacial score (nSPS) is 10.8. The molecule has 5 nitrogen and oxygen atoms in total. The minimum Gasteiger partial charge on any atom is -0.383 e. The lowest BCUT2D eigenvalue weighted by molar-refractivity contribution is 0.0951. The summed E-state index contributed by atoms with van der Waals surface area (Å²) in [6, 6.07) is 7.72. The number of amides is 1. The fourth-order valence-electron chi connectivity index (χ4n) is 2.06. The van der Waals surface area contributed by atoms with Crippen molar-refractivity contribution in [1.29, 1.82) is 0 Å². The van der Waals surface area contributed by atoms with Gasteiger partial charge in [-0.15, -0.1) is 0 Å². The van der Waals surface area contributed by atoms with Gasteiger partial charge < -0.3 is 19.9 Å². The molecule has 0 heterocycles. The molecule has 124 valence electrons. The molecule has 0 radical (unpaired) electrons. The summed E-state index contributed by atoms with van der Waals surface area (Å²) < 4.78 is 5.03. The number of rotatable bonds is 10. The Kier molecular flexibility index (Phi) is 8.55. The minimum atomic E-state index is -0.00903. The lowest BCUT2D eigenvalue weighted by Crippen LogP contribution is -2.29. The highest BCUT2D eigenvalue weighted by atomic mass is 16.5. The molecule has 0 unspecified atom stereocenters. The predicted molar refractivity (Wildman–Crippen MR) is 91.7 cm³/mol. The fraction of sp³-hybridized carbons (Fsp3) is 0.588. The topological polar surface area (TPSA) is 44.8 Å². The Morgan fingerprint density at radius 2 is 1.86 bits per heavy atom. The van der Waals surface area contributed by atoms with Crippen molar-refractivity contribution in [1.82, 2.24) is 10.2 Å². The van der Waals surface area contributed by atoms with E-state index >= 15 is 0 Å². The van der Waals surface area contributed by atoms with Crippen LogP contribution in [-0.4, -0.2) is 64.8 Å². The molecule has 0 spiro atoms. The number of likely N-dealkylation sites (N-methyl/N-ethyl adjacent to an activating group) is 1. The average molecular weight is 307 g/mol. The van der Waals surface area contributed by atoms with Gasteiger partial charge >= 0.3 is 0 Å². The van der Waals surface area contributed by atoms with E-state index in [1.54, 1.807) is 7.11 Å². The number of carbonyl (C=O) groups excluding carboxylic acids is 1. The van der Waals surface area contributed by atoms with Gasteiger partial charge in [0, 0.05) is 45.0 Å². The number of hydrogen-bond donors (Lipinski definition) is 1. The molecule has 0 atom stereocenters. The van der Waals surface area contributed by atoms with Gasteiger partial charge in [0.15, 0.2) is 0 Å². The molecule has 1 aromatic rings. The summed E-state index contributed by atoms with van der Waals surface area (Å²) in [6.45, 7) is 6.33. The quantitative estimate of drug-likeness (QED) is 0.670. The van der Waals surface area contributed by atoms with Crippen molar-refractivity contribution in [2.75, 3.05) is 58.9 Å². The lowest BCUT2D eigenvalue weighted by atomic mass is 10.2. The van der Waals surface area contributed by atoms with Crippen LogP contribution in [0.2, 0.25) is 0 Å². The number of nitrogens with zero attached hydrogens (tertiary/aromatic N) is 2. The van der Waals surface area contributed by atoms with Gasteiger partial charge in [0.05, 0.1) is 6.61 Å². The molecule has 1 N–H and O–H groups in total. The van der Waals surface area contributed by atoms with Gasteiger partial charge in [-0.1, -0.05) is 0 Å². The third-order valence-corrected chi connectivity index (χ3v) is 3.72. The van der Waals surface area contributed by atoms with Crippen LogP contribution in [0.5, 0.6) is 0 Å². The van der Waals surface area contributed by atoms with E-state index in [9.17, 15) is 4.79 Å². The second-order valence-corrected chi connectivity index (χ2v) is 5.47. The molecule has 22 heavy (non-hydrogen) atoms. The first-order valence-corrected chi connectivity index (χ1v) is 7.85. The van der Waals surface area contributed by atoms with Gasteiger partial charge in [0.2, 0.25) is 0 Å². The van der Waals surface area contributed by atoms with E-state index in [0.717, 1.165) is 38.3 Å². The highest BCUT2D eigenvalue weighted by molar-refractivity contribution is 5.94. The van der Waals surface area contributed by atoms with Gasteiger partial charge in [-0.25, -0.2) is 0 Å². The summed E-state index contributed by atoms with van der Waals surface area (Å²) in [6.07, 6.45) is 0.933. The van der Waals surface area contributed by atoms with Crippen LogP contribution in [0, 0.1) is 0 Å². The smallest absolute Gasteiger partial charge is 0.251 e. The third kappa shape index (κ3) is 6.45. The molecule has 5 heteroatoms. The highest BCUT2D eigenvalue weighted by Gasteiger charge is 2.06. The number of ether oxygens (including phenoxy) is 1. The number of hydrogen-bond acceptors (Lipinski definition) is 4. The van der Waals surface area contributed by atoms with Gasteiger partial charge in [-0.3, -0.25) is 4.79 Å². The molecule has 1 aromatic carbocycles. The van der Waals surface area contributed by atoms with E-state index in [1.165, 1.54) is 0 Å². The highest BCUT2D eigenvalue weighted by Crippen LogP contribution is 2.13. The first kappa shape index (κ1) is 18.5. The maximum Gasteiger partial charge on any atom is 0.251 e. The number of carbonyl (C=O) groups is 1. The molecular weight excluding hydrogens is 278 g/mol. The Balaban J connectivity index is 2.30. The van der Waals surface area contributed by atoms with Crippen LogP contribution in [0.4, 0.5) is 5.69 Å². The van der Waals surface area contributed by atoms with Crippen molar-refractivity contribution in [3.63, 3.8) is 0 Å². The second-order valence-electron chi connectivity index (χ2n) is 5.47. The molecule has 1 rings (SSSR count). The zero-order valence-electron chi connectivity index (χ0n) is 14.3. The molecular formula is C17H29N3O2. The Hall–Kier alpha value is -1.59. The van der Waals surface area contributed by atoms with Crippen molar-refractivity contribution >= 4 is 11.6 Å². The average Bonchev–Trinajstić information content (AvgIpc) is 2.56. The van der Waals surface area contributed by atoms with E-state index in [-0.39, 0.29) is 5.91 Å². The molecule has 0 aliphatic rings. The Morgan fingerprint density at radius 3 is 2.45 bits per heavy atom. The standard InChI is InChI=1S/C17H29N3O2/c1-5-20(3)16-9-7-15(8-10-16)17(21)18-11-6-12-19(2)13-14-22-4/h7-10H,5-6,11-14H2,1-4H3,(H,18,21). The minimum absolute atomic E-state index is 0.00903. The molecule has 0 bridgehead atoms. The van der Waals surface area contributed by atoms with Gasteiger partial charge in [-0.2, -0.15) is 0 Å². The zero-order chi connectivity index (χ0) is 16.4. The number of benzene rings is 1. The molecule has 0 aliphatic heterocycles. The van der Waals surface area contributed by atoms with Crippen molar-refractivity contribution in [3.05, 3.63) is 29.8 Å². The summed E-state index contributed by atoms with van der Waals surface area (Å²) in [4.78, 5) is 16.4. The first-order chi connectivity index (χ1) is 10.6. The van der Waals surface area contributed by atoms with Crippen LogP contribution in [0.25, 0.3) is 0 Å². The zero-order valence-corrected chi connectivity index (χ0v) is 14.3. The molecule has 0 saturated heterocycles. The summed E-state index contributed by atoms with van der Waals surface area (Å²) in [5.41, 5.74) is 1.83. The summed E-state index contributed by atoms with van der Waals surface area (Å²) >= 11 is 0. The van der Waals surface area contributed by atoms with Crippen molar-refractivity contribution in [3.8, 4) is 0 Å². The van der Waals surface area contributed by atoms with Crippen molar-refractivity contribution in [2.45, 2.75) is 13.3 Å². The number of methoxy groups -OCH3 is 1. The van der Waals surface area contributed by atoms with E-state index in [4.69, 9.17) is 4.74 Å². The SMILES string of the molecule is CCN(C)c1ccc(C(=O)NCCCN(C)CCOC)cc1. The molecule has 0 fully saturated rings. The largest absolute Gasteiger partial charge is 0.383 e. The van der Waals surface area contributed by atoms with Crippen LogP contribution in [0.1, 0.15) is 23.7 Å². The molecule has 0 saturated carbocycles. The maximum absolute atomic E-state index is 12.1. The van der Waals surface area contributed by atoms with E-state index in [1.807, 2.05) is 31.3 Å². The van der Waals surface area contributed by atoms with Crippen molar-refractivity contribution in [2.24, 2.45) is 0 Å². The van der Waals surface area contributed by atoms with Crippen LogP contribution in [0.3, 0.4) is 0 Å². The first-order valence-electron chi connectivity index (χ1n) is 7.85. The van der Waals surface area contributed by atoms with Crippen LogP contribution < -0.4 is 10.2 Å². The van der Waals surface area contributed by atoms with Crippen molar-refractivity contribution < 1.29 is 9.53 Å². The lowest BCUT2D eigenvalue weighted by Gasteiger charge is -2.17. The van der Waals surface area contributed by atoms with E-state index < -0.39 is 0 Å². The Labute approximate surface area is 134 Å². The van der Waals surface area contributed by atoms with Crippen LogP contribution in [-0.2, 0) is 4.74 Å². The molecule has 0 aliphatic carbocycles. The van der Waals surface area contributed by atoms with Gasteiger partial charge in [-0.05, 0) is 51.2 Å². The van der Waals surface area contributed by atoms with Crippen LogP contribution >= 0.6 is 0 Å². The fourth-order valence-corrected chi connectivity index (χ4v) is 2.06. The maximum atomic E-state index is 12.1. The Morgan fingerprint density at radius 1 is 1.18 bits per heavy atom. The third-order valence-electron chi connectivity index (χ3n) is 3.72. The number of anilines is 1. The van der Waals surface area contributed by atoms with Crippen LogP contribution in [0.15, 0.2) is 24.3 Å². The molecule has 0 aromatic heterocycles. The van der Waals surface area contributed by atoms with Gasteiger partial charge in [0.25, 0.3) is 5.91 Å². The number of nitrogens with one attached hydrogen (secondary N) is 1. The van der Waals surface area contributed by atoms with E-state index in [0.29, 0.717) is 12.1 Å². The predicted octanol–water partition coefficient (Wildman–Crippen LogP) is 1.84. The molecule has 1 amide bonds. The summed E-state index contributed by atoms with van der Waals surface area (Å²) in [7, 11) is 5.80. The summed E-state index contributed by atoms with van der Waals surface area (Å²) in [5.74, 6) is -0.00903. The second kappa shape index (κ2) is 10.2. The Bertz CT molecular complexity index is 434. The van der Waals surface area contributed by atoms with E-state index in [2.05, 4.69) is 29.1 Å². The van der Waals surface area contributed by atoms with Gasteiger partial charge in [0.1, 0.15) is 0 Å². The monoisotopic (exact) mass is 307 g/mol. The summed E-state index contributed by atoms with van der Waals surface area (Å²) in [5, 5.41) is 2.96.